The van der Waals surface area contributed by atoms with E-state index in [-0.39, 0.29) is 0 Å². The summed E-state index contributed by atoms with van der Waals surface area (Å²) in [5.41, 5.74) is 6.59. The first-order valence-electron chi connectivity index (χ1n) is 5.18. The summed E-state index contributed by atoms with van der Waals surface area (Å²) in [6.45, 7) is 2.67. The number of nitrogens with zero attached hydrogens (tertiary/aromatic N) is 2. The number of likely N-dealkylation sites (tertiary alicyclic amines) is 1. The second kappa shape index (κ2) is 4.72. The van der Waals surface area contributed by atoms with Crippen molar-refractivity contribution in [2.24, 2.45) is 0 Å². The third kappa shape index (κ3) is 3.00. The minimum atomic E-state index is 0.385. The van der Waals surface area contributed by atoms with Crippen LogP contribution >= 0.6 is 11.3 Å². The van der Waals surface area contributed by atoms with E-state index in [0.29, 0.717) is 17.3 Å². The minimum Gasteiger partial charge on any atom is -0.375 e. The molecule has 15 heavy (non-hydrogen) atoms. The third-order valence-corrected chi connectivity index (χ3v) is 3.31. The van der Waals surface area contributed by atoms with Gasteiger partial charge in [-0.1, -0.05) is 0 Å². The molecule has 5 heteroatoms. The quantitative estimate of drug-likeness (QED) is 0.823. The number of hydrogen-bond acceptors (Lipinski definition) is 5. The van der Waals surface area contributed by atoms with Gasteiger partial charge in [-0.05, 0) is 13.0 Å². The number of thiazole rings is 1. The molecule has 2 N–H and O–H groups in total. The van der Waals surface area contributed by atoms with Crippen LogP contribution in [0.4, 0.5) is 5.13 Å². The average molecular weight is 225 g/mol. The molecule has 0 atom stereocenters. The maximum atomic E-state index is 11.2. The largest absolute Gasteiger partial charge is 0.375 e. The fourth-order valence-corrected chi connectivity index (χ4v) is 2.36. The van der Waals surface area contributed by atoms with E-state index in [0.717, 1.165) is 38.2 Å². The maximum absolute atomic E-state index is 11.2. The summed E-state index contributed by atoms with van der Waals surface area (Å²) in [5.74, 6) is 0.385. The Morgan fingerprint density at radius 2 is 2.33 bits per heavy atom. The molecule has 82 valence electrons. The zero-order valence-electron chi connectivity index (χ0n) is 8.61. The lowest BCUT2D eigenvalue weighted by molar-refractivity contribution is -0.118. The smallest absolute Gasteiger partial charge is 0.180 e. The maximum Gasteiger partial charge on any atom is 0.180 e. The highest BCUT2D eigenvalue weighted by Crippen LogP contribution is 2.15. The van der Waals surface area contributed by atoms with Crippen LogP contribution in [0.3, 0.4) is 0 Å². The second-order valence-corrected chi connectivity index (χ2v) is 4.74. The van der Waals surface area contributed by atoms with Gasteiger partial charge in [-0.3, -0.25) is 9.69 Å². The van der Waals surface area contributed by atoms with Gasteiger partial charge >= 0.3 is 0 Å². The highest BCUT2D eigenvalue weighted by Gasteiger charge is 2.14. The van der Waals surface area contributed by atoms with Gasteiger partial charge in [0.25, 0.3) is 0 Å². The predicted molar refractivity (Wildman–Crippen MR) is 60.7 cm³/mol. The fourth-order valence-electron chi connectivity index (χ4n) is 1.80. The van der Waals surface area contributed by atoms with Crippen molar-refractivity contribution in [2.45, 2.75) is 25.8 Å². The summed E-state index contributed by atoms with van der Waals surface area (Å²) in [6.07, 6.45) is 2.38. The van der Waals surface area contributed by atoms with E-state index in [1.807, 2.05) is 5.38 Å². The Morgan fingerprint density at radius 1 is 1.47 bits per heavy atom. The Hall–Kier alpha value is -0.940. The van der Waals surface area contributed by atoms with E-state index >= 15 is 0 Å². The van der Waals surface area contributed by atoms with Crippen LogP contribution in [0.25, 0.3) is 0 Å². The molecule has 0 unspecified atom stereocenters. The Morgan fingerprint density at radius 3 is 3.07 bits per heavy atom. The number of nitrogen functional groups attached to an aromatic ring is 1. The lowest BCUT2D eigenvalue weighted by Gasteiger charge is -2.17. The molecule has 0 amide bonds. The Kier molecular flexibility index (Phi) is 3.33. The highest BCUT2D eigenvalue weighted by atomic mass is 32.1. The van der Waals surface area contributed by atoms with E-state index in [2.05, 4.69) is 9.88 Å². The van der Waals surface area contributed by atoms with Crippen LogP contribution in [-0.4, -0.2) is 28.8 Å². The molecule has 2 rings (SSSR count). The molecule has 2 heterocycles. The van der Waals surface area contributed by atoms with Crippen LogP contribution in [0.1, 0.15) is 25.0 Å². The molecule has 1 aromatic heterocycles. The molecular weight excluding hydrogens is 210 g/mol. The zero-order valence-corrected chi connectivity index (χ0v) is 9.42. The molecule has 0 spiro atoms. The molecule has 0 bridgehead atoms. The van der Waals surface area contributed by atoms with Crippen molar-refractivity contribution in [3.8, 4) is 0 Å². The van der Waals surface area contributed by atoms with Crippen LogP contribution in [-0.2, 0) is 11.3 Å². The monoisotopic (exact) mass is 225 g/mol. The SMILES string of the molecule is Nc1nc(CN2CCCC(=O)CC2)cs1. The first kappa shape index (κ1) is 10.6. The van der Waals surface area contributed by atoms with Crippen molar-refractivity contribution in [1.29, 1.82) is 0 Å². The normalized spacial score (nSPS) is 19.1. The van der Waals surface area contributed by atoms with Gasteiger partial charge in [0.1, 0.15) is 5.78 Å². The zero-order chi connectivity index (χ0) is 10.7. The molecule has 0 saturated carbocycles. The van der Waals surface area contributed by atoms with Crippen molar-refractivity contribution < 1.29 is 4.79 Å². The number of carbonyl (C=O) groups excluding carboxylic acids is 1. The third-order valence-electron chi connectivity index (χ3n) is 2.59. The summed E-state index contributed by atoms with van der Waals surface area (Å²) in [6, 6.07) is 0. The topological polar surface area (TPSA) is 59.2 Å². The van der Waals surface area contributed by atoms with Crippen LogP contribution < -0.4 is 5.73 Å². The van der Waals surface area contributed by atoms with Gasteiger partial charge in [0.05, 0.1) is 5.69 Å². The number of ketones is 1. The molecule has 1 saturated heterocycles. The highest BCUT2D eigenvalue weighted by molar-refractivity contribution is 7.13. The first-order valence-corrected chi connectivity index (χ1v) is 6.06. The number of nitrogens with two attached hydrogens (primary N) is 1. The standard InChI is InChI=1S/C10H15N3OS/c11-10-12-8(7-15-10)6-13-4-1-2-9(14)3-5-13/h7H,1-6H2,(H2,11,12). The van der Waals surface area contributed by atoms with Crippen LogP contribution in [0.5, 0.6) is 0 Å². The van der Waals surface area contributed by atoms with E-state index in [4.69, 9.17) is 5.73 Å². The predicted octanol–water partition coefficient (Wildman–Crippen LogP) is 1.28. The van der Waals surface area contributed by atoms with E-state index in [1.54, 1.807) is 0 Å². The molecule has 0 aliphatic carbocycles. The number of Topliss-reactive ketones (excluding diaryl/α,β-unsaturated/α-hetero) is 1. The van der Waals surface area contributed by atoms with Crippen molar-refractivity contribution in [3.05, 3.63) is 11.1 Å². The lowest BCUT2D eigenvalue weighted by Crippen LogP contribution is -2.24. The molecule has 1 fully saturated rings. The Balaban J connectivity index is 1.91. The molecule has 0 radical (unpaired) electrons. The van der Waals surface area contributed by atoms with Gasteiger partial charge in [-0.15, -0.1) is 11.3 Å². The summed E-state index contributed by atoms with van der Waals surface area (Å²) in [4.78, 5) is 17.7. The van der Waals surface area contributed by atoms with E-state index in [9.17, 15) is 4.79 Å². The van der Waals surface area contributed by atoms with Crippen molar-refractivity contribution >= 4 is 22.3 Å². The van der Waals surface area contributed by atoms with Gasteiger partial charge in [0, 0.05) is 31.3 Å². The Labute approximate surface area is 93.1 Å². The Bertz CT molecular complexity index is 350. The van der Waals surface area contributed by atoms with E-state index in [1.165, 1.54) is 11.3 Å². The van der Waals surface area contributed by atoms with Gasteiger partial charge < -0.3 is 5.73 Å². The molecule has 1 aromatic rings. The van der Waals surface area contributed by atoms with E-state index < -0.39 is 0 Å². The molecule has 0 aromatic carbocycles. The van der Waals surface area contributed by atoms with Gasteiger partial charge in [-0.25, -0.2) is 4.98 Å². The first-order chi connectivity index (χ1) is 7.24. The summed E-state index contributed by atoms with van der Waals surface area (Å²) in [7, 11) is 0. The van der Waals surface area contributed by atoms with Crippen LogP contribution in [0.2, 0.25) is 0 Å². The van der Waals surface area contributed by atoms with Gasteiger partial charge in [0.15, 0.2) is 5.13 Å². The fraction of sp³-hybridized carbons (Fsp3) is 0.600. The molecule has 1 aliphatic heterocycles. The van der Waals surface area contributed by atoms with Crippen molar-refractivity contribution in [3.63, 3.8) is 0 Å². The van der Waals surface area contributed by atoms with Crippen molar-refractivity contribution in [1.82, 2.24) is 9.88 Å². The average Bonchev–Trinajstić information content (AvgIpc) is 2.48. The van der Waals surface area contributed by atoms with Crippen molar-refractivity contribution in [2.75, 3.05) is 18.8 Å². The number of rotatable bonds is 2. The summed E-state index contributed by atoms with van der Waals surface area (Å²) in [5, 5.41) is 2.61. The molecule has 4 nitrogen and oxygen atoms in total. The minimum absolute atomic E-state index is 0.385. The van der Waals surface area contributed by atoms with Gasteiger partial charge in [0.2, 0.25) is 0 Å². The molecular formula is C10H15N3OS. The number of aromatic nitrogens is 1. The number of hydrogen-bond donors (Lipinski definition) is 1. The number of carbonyl (C=O) groups is 1. The summed E-state index contributed by atoms with van der Waals surface area (Å²) < 4.78 is 0. The summed E-state index contributed by atoms with van der Waals surface area (Å²) >= 11 is 1.47. The molecule has 1 aliphatic rings. The lowest BCUT2D eigenvalue weighted by atomic mass is 10.2. The van der Waals surface area contributed by atoms with Crippen LogP contribution in [0, 0.1) is 0 Å². The second-order valence-electron chi connectivity index (χ2n) is 3.85. The van der Waals surface area contributed by atoms with Gasteiger partial charge in [-0.2, -0.15) is 0 Å². The van der Waals surface area contributed by atoms with Crippen LogP contribution in [0.15, 0.2) is 5.38 Å². The number of anilines is 1.